The van der Waals surface area contributed by atoms with E-state index in [1.54, 1.807) is 36.4 Å². The Morgan fingerprint density at radius 3 is 2.65 bits per heavy atom. The summed E-state index contributed by atoms with van der Waals surface area (Å²) in [5.41, 5.74) is 3.25. The summed E-state index contributed by atoms with van der Waals surface area (Å²) in [6.07, 6.45) is 1.52. The Labute approximate surface area is 151 Å². The predicted molar refractivity (Wildman–Crippen MR) is 98.4 cm³/mol. The molecule has 7 heteroatoms. The van der Waals surface area contributed by atoms with Gasteiger partial charge in [0.05, 0.1) is 11.2 Å². The fourth-order valence-electron chi connectivity index (χ4n) is 1.99. The van der Waals surface area contributed by atoms with Crippen molar-refractivity contribution < 1.29 is 4.79 Å². The number of carbonyl (C=O) groups excluding carboxylic acids is 1. The second-order valence-corrected chi connectivity index (χ2v) is 6.94. The molecule has 1 amide bonds. The van der Waals surface area contributed by atoms with Crippen molar-refractivity contribution >= 4 is 68.3 Å². The Kier molecular flexibility index (Phi) is 4.87. The van der Waals surface area contributed by atoms with Gasteiger partial charge in [-0.15, -0.1) is 11.3 Å². The molecule has 3 rings (SSSR count). The molecule has 0 aliphatic heterocycles. The van der Waals surface area contributed by atoms with E-state index in [1.807, 2.05) is 6.07 Å². The molecule has 0 saturated heterocycles. The third kappa shape index (κ3) is 3.67. The van der Waals surface area contributed by atoms with Gasteiger partial charge < -0.3 is 0 Å². The number of benzene rings is 2. The number of halogens is 3. The van der Waals surface area contributed by atoms with E-state index in [4.69, 9.17) is 34.8 Å². The second-order valence-electron chi connectivity index (χ2n) is 4.64. The van der Waals surface area contributed by atoms with Crippen LogP contribution >= 0.6 is 46.1 Å². The van der Waals surface area contributed by atoms with E-state index in [1.165, 1.54) is 17.6 Å². The number of hydrogen-bond acceptors (Lipinski definition) is 3. The molecule has 1 aromatic heterocycles. The number of rotatable bonds is 3. The first kappa shape index (κ1) is 16.3. The van der Waals surface area contributed by atoms with Crippen molar-refractivity contribution in [3.63, 3.8) is 0 Å². The van der Waals surface area contributed by atoms with Gasteiger partial charge in [0.25, 0.3) is 5.91 Å². The van der Waals surface area contributed by atoms with E-state index >= 15 is 0 Å². The van der Waals surface area contributed by atoms with Gasteiger partial charge in [-0.1, -0.05) is 53.0 Å². The van der Waals surface area contributed by atoms with Crippen LogP contribution in [0.5, 0.6) is 0 Å². The lowest BCUT2D eigenvalue weighted by molar-refractivity contribution is 0.0959. The highest BCUT2D eigenvalue weighted by Crippen LogP contribution is 2.36. The SMILES string of the molecule is O=C(N/N=C/c1cccc(Cl)c1)c1sc2cc(Cl)ccc2c1Cl. The largest absolute Gasteiger partial charge is 0.283 e. The molecule has 3 nitrogen and oxygen atoms in total. The van der Waals surface area contributed by atoms with E-state index < -0.39 is 0 Å². The van der Waals surface area contributed by atoms with E-state index in [0.29, 0.717) is 19.9 Å². The Balaban J connectivity index is 1.79. The van der Waals surface area contributed by atoms with Crippen molar-refractivity contribution in [3.05, 3.63) is 68.0 Å². The first-order valence-electron chi connectivity index (χ1n) is 6.51. The zero-order valence-corrected chi connectivity index (χ0v) is 14.6. The van der Waals surface area contributed by atoms with E-state index in [2.05, 4.69) is 10.5 Å². The third-order valence-electron chi connectivity index (χ3n) is 3.03. The van der Waals surface area contributed by atoms with Crippen molar-refractivity contribution in [1.82, 2.24) is 5.43 Å². The minimum Gasteiger partial charge on any atom is -0.266 e. The van der Waals surface area contributed by atoms with Crippen molar-refractivity contribution in [1.29, 1.82) is 0 Å². The lowest BCUT2D eigenvalue weighted by Gasteiger charge is -1.97. The Morgan fingerprint density at radius 1 is 1.09 bits per heavy atom. The van der Waals surface area contributed by atoms with Crippen molar-refractivity contribution in [2.45, 2.75) is 0 Å². The molecular weight excluding hydrogens is 375 g/mol. The van der Waals surface area contributed by atoms with Gasteiger partial charge in [-0.25, -0.2) is 5.43 Å². The minimum absolute atomic E-state index is 0.370. The minimum atomic E-state index is -0.370. The fraction of sp³-hybridized carbons (Fsp3) is 0. The van der Waals surface area contributed by atoms with Crippen LogP contribution in [0.25, 0.3) is 10.1 Å². The Bertz CT molecular complexity index is 921. The van der Waals surface area contributed by atoms with Gasteiger partial charge in [-0.3, -0.25) is 4.79 Å². The number of amides is 1. The van der Waals surface area contributed by atoms with E-state index in [-0.39, 0.29) is 5.91 Å². The van der Waals surface area contributed by atoms with Crippen LogP contribution in [0, 0.1) is 0 Å². The summed E-state index contributed by atoms with van der Waals surface area (Å²) in [6, 6.07) is 12.4. The van der Waals surface area contributed by atoms with Gasteiger partial charge in [0.1, 0.15) is 4.88 Å². The summed E-state index contributed by atoms with van der Waals surface area (Å²) >= 11 is 19.4. The maximum atomic E-state index is 12.2. The molecule has 116 valence electrons. The average Bonchev–Trinajstić information content (AvgIpc) is 2.83. The molecule has 0 atom stereocenters. The number of nitrogens with one attached hydrogen (secondary N) is 1. The van der Waals surface area contributed by atoms with Gasteiger partial charge in [-0.05, 0) is 29.8 Å². The second kappa shape index (κ2) is 6.89. The summed E-state index contributed by atoms with van der Waals surface area (Å²) in [5, 5.41) is 6.32. The van der Waals surface area contributed by atoms with Gasteiger partial charge in [0.2, 0.25) is 0 Å². The molecule has 0 fully saturated rings. The van der Waals surface area contributed by atoms with E-state index in [9.17, 15) is 4.79 Å². The molecule has 1 heterocycles. The number of hydrazone groups is 1. The zero-order chi connectivity index (χ0) is 16.4. The van der Waals surface area contributed by atoms with Crippen LogP contribution < -0.4 is 5.43 Å². The van der Waals surface area contributed by atoms with Gasteiger partial charge >= 0.3 is 0 Å². The van der Waals surface area contributed by atoms with Crippen LogP contribution in [-0.4, -0.2) is 12.1 Å². The quantitative estimate of drug-likeness (QED) is 0.462. The number of thiophene rings is 1. The van der Waals surface area contributed by atoms with Crippen LogP contribution in [-0.2, 0) is 0 Å². The van der Waals surface area contributed by atoms with Gasteiger partial charge in [0, 0.05) is 20.1 Å². The molecule has 0 radical (unpaired) electrons. The fourth-order valence-corrected chi connectivity index (χ4v) is 3.87. The van der Waals surface area contributed by atoms with Crippen molar-refractivity contribution in [2.75, 3.05) is 0 Å². The standard InChI is InChI=1S/C16H9Cl3N2OS/c17-10-3-1-2-9(6-10)8-20-21-16(22)15-14(19)12-5-4-11(18)7-13(12)23-15/h1-8H,(H,21,22)/b20-8+. The summed E-state index contributed by atoms with van der Waals surface area (Å²) in [5.74, 6) is -0.370. The topological polar surface area (TPSA) is 41.5 Å². The maximum absolute atomic E-state index is 12.2. The third-order valence-corrected chi connectivity index (χ3v) is 5.15. The summed E-state index contributed by atoms with van der Waals surface area (Å²) in [6.45, 7) is 0. The van der Waals surface area contributed by atoms with E-state index in [0.717, 1.165) is 15.6 Å². The number of hydrogen-bond donors (Lipinski definition) is 1. The molecule has 1 N–H and O–H groups in total. The van der Waals surface area contributed by atoms with Crippen molar-refractivity contribution in [3.8, 4) is 0 Å². The monoisotopic (exact) mass is 382 g/mol. The Hall–Kier alpha value is -1.59. The highest BCUT2D eigenvalue weighted by atomic mass is 35.5. The smallest absolute Gasteiger partial charge is 0.266 e. The first-order valence-corrected chi connectivity index (χ1v) is 8.46. The van der Waals surface area contributed by atoms with Crippen LogP contribution in [0.4, 0.5) is 0 Å². The number of carbonyl (C=O) groups is 1. The van der Waals surface area contributed by atoms with Crippen LogP contribution in [0.3, 0.4) is 0 Å². The summed E-state index contributed by atoms with van der Waals surface area (Å²) in [7, 11) is 0. The Morgan fingerprint density at radius 2 is 1.87 bits per heavy atom. The highest BCUT2D eigenvalue weighted by Gasteiger charge is 2.16. The molecule has 0 aliphatic rings. The molecule has 2 aromatic carbocycles. The van der Waals surface area contributed by atoms with Gasteiger partial charge in [0.15, 0.2) is 0 Å². The maximum Gasteiger partial charge on any atom is 0.283 e. The van der Waals surface area contributed by atoms with Crippen molar-refractivity contribution in [2.24, 2.45) is 5.10 Å². The number of nitrogens with zero attached hydrogens (tertiary/aromatic N) is 1. The lowest BCUT2D eigenvalue weighted by Crippen LogP contribution is -2.16. The molecule has 0 unspecified atom stereocenters. The predicted octanol–water partition coefficient (Wildman–Crippen LogP) is 5.63. The summed E-state index contributed by atoms with van der Waals surface area (Å²) < 4.78 is 0.853. The molecule has 23 heavy (non-hydrogen) atoms. The highest BCUT2D eigenvalue weighted by molar-refractivity contribution is 7.21. The molecule has 0 spiro atoms. The average molecular weight is 384 g/mol. The number of fused-ring (bicyclic) bond motifs is 1. The van der Waals surface area contributed by atoms with Gasteiger partial charge in [-0.2, -0.15) is 5.10 Å². The normalized spacial score (nSPS) is 11.3. The van der Waals surface area contributed by atoms with Crippen LogP contribution in [0.1, 0.15) is 15.2 Å². The first-order chi connectivity index (χ1) is 11.0. The molecular formula is C16H9Cl3N2OS. The summed E-state index contributed by atoms with van der Waals surface area (Å²) in [4.78, 5) is 12.6. The zero-order valence-electron chi connectivity index (χ0n) is 11.5. The molecule has 0 bridgehead atoms. The molecule has 0 aliphatic carbocycles. The van der Waals surface area contributed by atoms with Crippen LogP contribution in [0.2, 0.25) is 15.1 Å². The lowest BCUT2D eigenvalue weighted by atomic mass is 10.2. The van der Waals surface area contributed by atoms with Crippen LogP contribution in [0.15, 0.2) is 47.6 Å². The molecule has 3 aromatic rings. The molecule has 0 saturated carbocycles.